The van der Waals surface area contributed by atoms with Gasteiger partial charge in [0.2, 0.25) is 5.88 Å². The zero-order chi connectivity index (χ0) is 13.8. The molecule has 2 heterocycles. The van der Waals surface area contributed by atoms with Crippen LogP contribution in [0.15, 0.2) is 47.3 Å². The monoisotopic (exact) mass is 336 g/mol. The van der Waals surface area contributed by atoms with Crippen LogP contribution in [0.3, 0.4) is 0 Å². The van der Waals surface area contributed by atoms with Crippen LogP contribution in [0.2, 0.25) is 0 Å². The first-order valence-corrected chi connectivity index (χ1v) is 7.03. The second-order valence-electron chi connectivity index (χ2n) is 4.33. The molecule has 0 atom stereocenters. The highest BCUT2D eigenvalue weighted by atomic mass is 79.9. The zero-order valence-corrected chi connectivity index (χ0v) is 12.2. The van der Waals surface area contributed by atoms with Crippen LogP contribution in [0, 0.1) is 0 Å². The number of hydrogen-bond donors (Lipinski definition) is 0. The van der Waals surface area contributed by atoms with Gasteiger partial charge in [-0.3, -0.25) is 0 Å². The molecule has 104 valence electrons. The Hall–Kier alpha value is -1.50. The maximum Gasteiger partial charge on any atom is 0.232 e. The van der Waals surface area contributed by atoms with Gasteiger partial charge in [0.05, 0.1) is 25.6 Å². The van der Waals surface area contributed by atoms with Crippen LogP contribution in [0.25, 0.3) is 0 Å². The van der Waals surface area contributed by atoms with E-state index in [0.29, 0.717) is 23.7 Å². The Balaban J connectivity index is 1.55. The van der Waals surface area contributed by atoms with Crippen LogP contribution >= 0.6 is 15.9 Å². The molecule has 0 aliphatic carbocycles. The largest absolute Gasteiger partial charge is 0.468 e. The van der Waals surface area contributed by atoms with E-state index in [0.717, 1.165) is 5.56 Å². The Kier molecular flexibility index (Phi) is 4.25. The van der Waals surface area contributed by atoms with Gasteiger partial charge in [-0.2, -0.15) is 0 Å². The van der Waals surface area contributed by atoms with Gasteiger partial charge in [0.25, 0.3) is 0 Å². The van der Waals surface area contributed by atoms with E-state index in [1.807, 2.05) is 30.3 Å². The maximum absolute atomic E-state index is 5.67. The second kappa shape index (κ2) is 6.30. The van der Waals surface area contributed by atoms with E-state index in [4.69, 9.17) is 14.2 Å². The standard InChI is InChI=1S/C14H13BrN2O3/c15-12-6-17-13(7-16-12)20-11-8-18-14(19-9-11)10-4-2-1-3-5-10/h1-7,11,14H,8-9H2/t11-,14-. The predicted molar refractivity (Wildman–Crippen MR) is 75.2 cm³/mol. The molecular weight excluding hydrogens is 324 g/mol. The summed E-state index contributed by atoms with van der Waals surface area (Å²) < 4.78 is 17.7. The Morgan fingerprint density at radius 3 is 2.45 bits per heavy atom. The summed E-state index contributed by atoms with van der Waals surface area (Å²) in [6.07, 6.45) is 2.65. The van der Waals surface area contributed by atoms with Gasteiger partial charge in [0, 0.05) is 5.56 Å². The average Bonchev–Trinajstić information content (AvgIpc) is 2.51. The van der Waals surface area contributed by atoms with Crippen LogP contribution in [-0.4, -0.2) is 29.3 Å². The molecule has 1 fully saturated rings. The van der Waals surface area contributed by atoms with Crippen LogP contribution < -0.4 is 4.74 Å². The Morgan fingerprint density at radius 1 is 1.05 bits per heavy atom. The summed E-state index contributed by atoms with van der Waals surface area (Å²) in [5.41, 5.74) is 1.01. The minimum Gasteiger partial charge on any atom is -0.468 e. The molecule has 20 heavy (non-hydrogen) atoms. The van der Waals surface area contributed by atoms with Gasteiger partial charge in [-0.25, -0.2) is 9.97 Å². The van der Waals surface area contributed by atoms with Crippen LogP contribution in [0.5, 0.6) is 5.88 Å². The molecule has 2 aromatic rings. The minimum absolute atomic E-state index is 0.176. The number of ether oxygens (including phenoxy) is 3. The van der Waals surface area contributed by atoms with Gasteiger partial charge in [-0.1, -0.05) is 30.3 Å². The highest BCUT2D eigenvalue weighted by Gasteiger charge is 2.24. The van der Waals surface area contributed by atoms with Gasteiger partial charge in [0.1, 0.15) is 10.7 Å². The molecule has 1 aromatic carbocycles. The summed E-state index contributed by atoms with van der Waals surface area (Å²) >= 11 is 3.23. The van der Waals surface area contributed by atoms with Crippen LogP contribution in [-0.2, 0) is 9.47 Å². The lowest BCUT2D eigenvalue weighted by Gasteiger charge is -2.29. The first kappa shape index (κ1) is 13.5. The molecule has 0 spiro atoms. The van der Waals surface area contributed by atoms with Gasteiger partial charge in [0.15, 0.2) is 6.29 Å². The van der Waals surface area contributed by atoms with Gasteiger partial charge >= 0.3 is 0 Å². The van der Waals surface area contributed by atoms with Gasteiger partial charge in [-0.15, -0.1) is 0 Å². The molecule has 0 bridgehead atoms. The number of aromatic nitrogens is 2. The third kappa shape index (κ3) is 3.33. The van der Waals surface area contributed by atoms with Crippen molar-refractivity contribution in [2.24, 2.45) is 0 Å². The van der Waals surface area contributed by atoms with E-state index in [-0.39, 0.29) is 12.4 Å². The van der Waals surface area contributed by atoms with Crippen molar-refractivity contribution >= 4 is 15.9 Å². The molecular formula is C14H13BrN2O3. The number of rotatable bonds is 3. The summed E-state index contributed by atoms with van der Waals surface area (Å²) in [5.74, 6) is 0.462. The highest BCUT2D eigenvalue weighted by molar-refractivity contribution is 9.10. The third-order valence-corrected chi connectivity index (χ3v) is 3.23. The van der Waals surface area contributed by atoms with Crippen molar-refractivity contribution in [2.75, 3.05) is 13.2 Å². The molecule has 0 amide bonds. The minimum atomic E-state index is -0.327. The summed E-state index contributed by atoms with van der Waals surface area (Å²) in [5, 5.41) is 0. The molecule has 1 aliphatic rings. The fourth-order valence-corrected chi connectivity index (χ4v) is 2.09. The highest BCUT2D eigenvalue weighted by Crippen LogP contribution is 2.24. The van der Waals surface area contributed by atoms with Crippen LogP contribution in [0.4, 0.5) is 0 Å². The fraction of sp³-hybridized carbons (Fsp3) is 0.286. The van der Waals surface area contributed by atoms with E-state index in [9.17, 15) is 0 Å². The Labute approximate surface area is 125 Å². The lowest BCUT2D eigenvalue weighted by molar-refractivity contribution is -0.216. The van der Waals surface area contributed by atoms with Crippen molar-refractivity contribution in [1.82, 2.24) is 9.97 Å². The average molecular weight is 337 g/mol. The van der Waals surface area contributed by atoms with E-state index < -0.39 is 0 Å². The Morgan fingerprint density at radius 2 is 1.80 bits per heavy atom. The Bertz CT molecular complexity index is 542. The molecule has 1 saturated heterocycles. The van der Waals surface area contributed by atoms with Crippen molar-refractivity contribution in [2.45, 2.75) is 12.4 Å². The lowest BCUT2D eigenvalue weighted by atomic mass is 10.2. The molecule has 0 saturated carbocycles. The normalized spacial score (nSPS) is 22.4. The molecule has 3 rings (SSSR count). The van der Waals surface area contributed by atoms with Crippen molar-refractivity contribution in [3.8, 4) is 5.88 Å². The predicted octanol–water partition coefficient (Wildman–Crippen LogP) is 2.73. The molecule has 1 aliphatic heterocycles. The van der Waals surface area contributed by atoms with Crippen molar-refractivity contribution < 1.29 is 14.2 Å². The second-order valence-corrected chi connectivity index (χ2v) is 5.14. The molecule has 1 aromatic heterocycles. The van der Waals surface area contributed by atoms with Crippen molar-refractivity contribution in [1.29, 1.82) is 0 Å². The number of halogens is 1. The molecule has 0 radical (unpaired) electrons. The zero-order valence-electron chi connectivity index (χ0n) is 10.6. The summed E-state index contributed by atoms with van der Waals surface area (Å²) in [6, 6.07) is 9.84. The maximum atomic E-state index is 5.67. The van der Waals surface area contributed by atoms with E-state index in [1.165, 1.54) is 0 Å². The summed E-state index contributed by atoms with van der Waals surface area (Å²) in [6.45, 7) is 0.911. The molecule has 6 heteroatoms. The molecule has 5 nitrogen and oxygen atoms in total. The molecule has 0 unspecified atom stereocenters. The quantitative estimate of drug-likeness (QED) is 0.862. The van der Waals surface area contributed by atoms with Crippen molar-refractivity contribution in [3.63, 3.8) is 0 Å². The van der Waals surface area contributed by atoms with Gasteiger partial charge < -0.3 is 14.2 Å². The lowest BCUT2D eigenvalue weighted by Crippen LogP contribution is -2.35. The van der Waals surface area contributed by atoms with Gasteiger partial charge in [-0.05, 0) is 15.9 Å². The van der Waals surface area contributed by atoms with E-state index in [2.05, 4.69) is 25.9 Å². The first-order chi connectivity index (χ1) is 9.81. The summed E-state index contributed by atoms with van der Waals surface area (Å²) in [4.78, 5) is 8.16. The molecule has 0 N–H and O–H groups in total. The topological polar surface area (TPSA) is 53.5 Å². The fourth-order valence-electron chi connectivity index (χ4n) is 1.89. The van der Waals surface area contributed by atoms with E-state index >= 15 is 0 Å². The first-order valence-electron chi connectivity index (χ1n) is 6.23. The van der Waals surface area contributed by atoms with Crippen LogP contribution in [0.1, 0.15) is 11.9 Å². The van der Waals surface area contributed by atoms with Crippen molar-refractivity contribution in [3.05, 3.63) is 52.9 Å². The third-order valence-electron chi connectivity index (χ3n) is 2.82. The number of nitrogens with zero attached hydrogens (tertiary/aromatic N) is 2. The van der Waals surface area contributed by atoms with E-state index in [1.54, 1.807) is 12.4 Å². The number of hydrogen-bond acceptors (Lipinski definition) is 5. The smallest absolute Gasteiger partial charge is 0.232 e. The SMILES string of the molecule is Brc1cnc(O[C@H]2CO[C@H](c3ccccc3)OC2)cn1. The summed E-state index contributed by atoms with van der Waals surface area (Å²) in [7, 11) is 0. The number of benzene rings is 1.